The molecule has 0 saturated heterocycles. The number of nitrogens with one attached hydrogen (secondary N) is 2. The van der Waals surface area contributed by atoms with Crippen molar-refractivity contribution in [1.29, 1.82) is 0 Å². The Morgan fingerprint density at radius 2 is 2.31 bits per heavy atom. The van der Waals surface area contributed by atoms with Gasteiger partial charge in [-0.2, -0.15) is 0 Å². The molecule has 0 bridgehead atoms. The Bertz CT molecular complexity index is 535. The molecular formula is C10H11BrN4O. The van der Waals surface area contributed by atoms with Gasteiger partial charge >= 0.3 is 0 Å². The molecule has 1 aliphatic carbocycles. The van der Waals surface area contributed by atoms with Gasteiger partial charge in [0.25, 0.3) is 0 Å². The molecule has 6 heteroatoms. The smallest absolute Gasteiger partial charge is 0.144 e. The first-order valence-electron chi connectivity index (χ1n) is 5.12. The monoisotopic (exact) mass is 282 g/mol. The summed E-state index contributed by atoms with van der Waals surface area (Å²) in [6, 6.07) is 0. The summed E-state index contributed by atoms with van der Waals surface area (Å²) >= 11 is 3.44. The Morgan fingerprint density at radius 1 is 1.50 bits per heavy atom. The van der Waals surface area contributed by atoms with Crippen molar-refractivity contribution < 1.29 is 5.11 Å². The van der Waals surface area contributed by atoms with Gasteiger partial charge in [0.1, 0.15) is 17.8 Å². The lowest BCUT2D eigenvalue weighted by Crippen LogP contribution is -2.21. The first-order valence-corrected chi connectivity index (χ1v) is 5.91. The van der Waals surface area contributed by atoms with Crippen LogP contribution in [0.4, 0.5) is 5.82 Å². The molecule has 1 fully saturated rings. The van der Waals surface area contributed by atoms with Gasteiger partial charge in [-0.15, -0.1) is 0 Å². The fraction of sp³-hybridized carbons (Fsp3) is 0.400. The van der Waals surface area contributed by atoms with Crippen molar-refractivity contribution in [3.05, 3.63) is 17.0 Å². The van der Waals surface area contributed by atoms with Crippen molar-refractivity contribution in [2.75, 3.05) is 11.9 Å². The standard InChI is InChI=1S/C10H11BrN4O/c11-6-3-12-8-7(6)9(15-5-14-8)13-4-10(16)1-2-10/h3,5,16H,1-2,4H2,(H2,12,13,14,15). The Morgan fingerprint density at radius 3 is 3.06 bits per heavy atom. The molecule has 1 saturated carbocycles. The number of fused-ring (bicyclic) bond motifs is 1. The van der Waals surface area contributed by atoms with E-state index in [0.29, 0.717) is 6.54 Å². The van der Waals surface area contributed by atoms with E-state index in [-0.39, 0.29) is 0 Å². The molecule has 2 heterocycles. The predicted molar refractivity (Wildman–Crippen MR) is 64.3 cm³/mol. The van der Waals surface area contributed by atoms with Crippen LogP contribution >= 0.6 is 15.9 Å². The van der Waals surface area contributed by atoms with Crippen LogP contribution in [0.1, 0.15) is 12.8 Å². The highest BCUT2D eigenvalue weighted by Crippen LogP contribution is 2.35. The van der Waals surface area contributed by atoms with Crippen LogP contribution in [0.25, 0.3) is 11.0 Å². The summed E-state index contributed by atoms with van der Waals surface area (Å²) in [5, 5.41) is 13.8. The minimum Gasteiger partial charge on any atom is -0.388 e. The Hall–Kier alpha value is -1.14. The van der Waals surface area contributed by atoms with Crippen LogP contribution in [0, 0.1) is 0 Å². The van der Waals surface area contributed by atoms with Crippen LogP contribution in [0.2, 0.25) is 0 Å². The zero-order valence-electron chi connectivity index (χ0n) is 8.50. The van der Waals surface area contributed by atoms with Crippen LogP contribution in [0.15, 0.2) is 17.0 Å². The Kier molecular flexibility index (Phi) is 2.15. The molecule has 3 rings (SSSR count). The summed E-state index contributed by atoms with van der Waals surface area (Å²) in [7, 11) is 0. The highest BCUT2D eigenvalue weighted by atomic mass is 79.9. The van der Waals surface area contributed by atoms with Gasteiger partial charge in [-0.25, -0.2) is 9.97 Å². The van der Waals surface area contributed by atoms with Crippen molar-refractivity contribution >= 4 is 32.8 Å². The van der Waals surface area contributed by atoms with E-state index < -0.39 is 5.60 Å². The summed E-state index contributed by atoms with van der Waals surface area (Å²) in [5.74, 6) is 0.749. The van der Waals surface area contributed by atoms with Gasteiger partial charge in [0.2, 0.25) is 0 Å². The third kappa shape index (κ3) is 1.68. The summed E-state index contributed by atoms with van der Waals surface area (Å²) in [5.41, 5.74) is 0.257. The normalized spacial score (nSPS) is 17.6. The molecule has 0 radical (unpaired) electrons. The summed E-state index contributed by atoms with van der Waals surface area (Å²) in [6.07, 6.45) is 5.06. The molecule has 2 aromatic heterocycles. The molecule has 3 N–H and O–H groups in total. The second-order valence-electron chi connectivity index (χ2n) is 4.16. The minimum atomic E-state index is -0.528. The topological polar surface area (TPSA) is 73.8 Å². The second-order valence-corrected chi connectivity index (χ2v) is 5.01. The Labute approximate surface area is 100 Å². The maximum atomic E-state index is 9.76. The van der Waals surface area contributed by atoms with Gasteiger partial charge < -0.3 is 15.4 Å². The zero-order chi connectivity index (χ0) is 11.2. The predicted octanol–water partition coefficient (Wildman–Crippen LogP) is 1.66. The fourth-order valence-electron chi connectivity index (χ4n) is 1.63. The average Bonchev–Trinajstić information content (AvgIpc) is 2.90. The van der Waals surface area contributed by atoms with E-state index in [1.54, 1.807) is 0 Å². The highest BCUT2D eigenvalue weighted by Gasteiger charge is 2.40. The number of anilines is 1. The van der Waals surface area contributed by atoms with Gasteiger partial charge in [0.15, 0.2) is 0 Å². The molecular weight excluding hydrogens is 272 g/mol. The van der Waals surface area contributed by atoms with Crippen LogP contribution in [-0.4, -0.2) is 32.2 Å². The number of aromatic nitrogens is 3. The molecule has 16 heavy (non-hydrogen) atoms. The molecule has 0 aliphatic heterocycles. The number of rotatable bonds is 3. The van der Waals surface area contributed by atoms with Crippen molar-refractivity contribution in [3.63, 3.8) is 0 Å². The van der Waals surface area contributed by atoms with Gasteiger partial charge in [0, 0.05) is 17.2 Å². The third-order valence-electron chi connectivity index (χ3n) is 2.83. The van der Waals surface area contributed by atoms with Gasteiger partial charge in [-0.3, -0.25) is 0 Å². The van der Waals surface area contributed by atoms with E-state index in [1.807, 2.05) is 6.20 Å². The number of aromatic amines is 1. The minimum absolute atomic E-state index is 0.528. The molecule has 84 valence electrons. The van der Waals surface area contributed by atoms with Crippen LogP contribution in [0.5, 0.6) is 0 Å². The highest BCUT2D eigenvalue weighted by molar-refractivity contribution is 9.10. The van der Waals surface area contributed by atoms with Gasteiger partial charge in [-0.05, 0) is 28.8 Å². The maximum Gasteiger partial charge on any atom is 0.144 e. The Balaban J connectivity index is 1.93. The van der Waals surface area contributed by atoms with Gasteiger partial charge in [0.05, 0.1) is 11.0 Å². The third-order valence-corrected chi connectivity index (χ3v) is 3.46. The lowest BCUT2D eigenvalue weighted by Gasteiger charge is -2.10. The number of H-pyrrole nitrogens is 1. The second kappa shape index (κ2) is 3.43. The quantitative estimate of drug-likeness (QED) is 0.801. The van der Waals surface area contributed by atoms with Crippen molar-refractivity contribution in [1.82, 2.24) is 15.0 Å². The SMILES string of the molecule is OC1(CNc2ncnc3[nH]cc(Br)c23)CC1. The number of nitrogens with zero attached hydrogens (tertiary/aromatic N) is 2. The number of hydrogen-bond donors (Lipinski definition) is 3. The largest absolute Gasteiger partial charge is 0.388 e. The van der Waals surface area contributed by atoms with Crippen molar-refractivity contribution in [2.45, 2.75) is 18.4 Å². The number of hydrogen-bond acceptors (Lipinski definition) is 4. The fourth-order valence-corrected chi connectivity index (χ4v) is 2.12. The lowest BCUT2D eigenvalue weighted by molar-refractivity contribution is 0.164. The summed E-state index contributed by atoms with van der Waals surface area (Å²) < 4.78 is 0.924. The van der Waals surface area contributed by atoms with Crippen molar-refractivity contribution in [3.8, 4) is 0 Å². The maximum absolute atomic E-state index is 9.76. The van der Waals surface area contributed by atoms with Crippen molar-refractivity contribution in [2.24, 2.45) is 0 Å². The molecule has 5 nitrogen and oxygen atoms in total. The first kappa shape index (κ1) is 10.0. The summed E-state index contributed by atoms with van der Waals surface area (Å²) in [4.78, 5) is 11.4. The molecule has 0 spiro atoms. The van der Waals surface area contributed by atoms with Crippen LogP contribution in [-0.2, 0) is 0 Å². The summed E-state index contributed by atoms with van der Waals surface area (Å²) in [6.45, 7) is 0.538. The van der Waals surface area contributed by atoms with Crippen LogP contribution < -0.4 is 5.32 Å². The van der Waals surface area contributed by atoms with E-state index in [0.717, 1.165) is 34.2 Å². The molecule has 0 unspecified atom stereocenters. The molecule has 2 aromatic rings. The molecule has 0 amide bonds. The first-order chi connectivity index (χ1) is 7.68. The van der Waals surface area contributed by atoms with E-state index in [1.165, 1.54) is 6.33 Å². The number of aliphatic hydroxyl groups is 1. The molecule has 1 aliphatic rings. The van der Waals surface area contributed by atoms with E-state index in [2.05, 4.69) is 36.2 Å². The lowest BCUT2D eigenvalue weighted by atomic mass is 10.3. The molecule has 0 aromatic carbocycles. The average molecular weight is 283 g/mol. The van der Waals surface area contributed by atoms with E-state index >= 15 is 0 Å². The van der Waals surface area contributed by atoms with Gasteiger partial charge in [-0.1, -0.05) is 0 Å². The van der Waals surface area contributed by atoms with Crippen LogP contribution in [0.3, 0.4) is 0 Å². The van der Waals surface area contributed by atoms with E-state index in [9.17, 15) is 5.11 Å². The van der Waals surface area contributed by atoms with E-state index in [4.69, 9.17) is 0 Å². The number of halogens is 1. The zero-order valence-corrected chi connectivity index (χ0v) is 10.1. The molecule has 0 atom stereocenters.